The standard InChI is InChI=1S/C13H21N2O3S/c1-19(16,17)15-12-7-6-8-13(11-12)18-10-5-3-2-4-9-14/h6-8,15H,2-5,9-10,14H2,1H3. The minimum Gasteiger partial charge on any atom is -0.493 e. The highest BCUT2D eigenvalue weighted by Crippen LogP contribution is 2.17. The first-order valence-corrected chi connectivity index (χ1v) is 8.23. The predicted molar refractivity (Wildman–Crippen MR) is 76.8 cm³/mol. The zero-order valence-corrected chi connectivity index (χ0v) is 12.0. The van der Waals surface area contributed by atoms with E-state index in [-0.39, 0.29) is 0 Å². The maximum atomic E-state index is 11.1. The molecular formula is C13H21N2O3S. The number of hydrogen-bond donors (Lipinski definition) is 2. The largest absolute Gasteiger partial charge is 0.493 e. The molecule has 0 saturated heterocycles. The van der Waals surface area contributed by atoms with Gasteiger partial charge in [-0.1, -0.05) is 18.9 Å². The van der Waals surface area contributed by atoms with Crippen LogP contribution in [0.3, 0.4) is 0 Å². The quantitative estimate of drug-likeness (QED) is 0.677. The van der Waals surface area contributed by atoms with E-state index in [0.29, 0.717) is 18.0 Å². The molecule has 0 aromatic heterocycles. The second-order valence-electron chi connectivity index (χ2n) is 4.35. The summed E-state index contributed by atoms with van der Waals surface area (Å²) < 4.78 is 30.1. The third-order valence-electron chi connectivity index (χ3n) is 2.42. The lowest BCUT2D eigenvalue weighted by atomic mass is 10.2. The summed E-state index contributed by atoms with van der Waals surface area (Å²) in [6.07, 6.45) is 5.29. The molecule has 0 unspecified atom stereocenters. The smallest absolute Gasteiger partial charge is 0.229 e. The number of anilines is 1. The van der Waals surface area contributed by atoms with Crippen LogP contribution in [0.5, 0.6) is 5.75 Å². The fourth-order valence-corrected chi connectivity index (χ4v) is 2.09. The monoisotopic (exact) mass is 285 g/mol. The second-order valence-corrected chi connectivity index (χ2v) is 6.10. The van der Waals surface area contributed by atoms with Crippen molar-refractivity contribution in [3.63, 3.8) is 0 Å². The molecule has 107 valence electrons. The molecule has 0 fully saturated rings. The van der Waals surface area contributed by atoms with E-state index in [1.54, 1.807) is 18.2 Å². The van der Waals surface area contributed by atoms with Crippen molar-refractivity contribution in [3.05, 3.63) is 24.3 Å². The molecule has 19 heavy (non-hydrogen) atoms. The minimum absolute atomic E-state index is 0.392. The van der Waals surface area contributed by atoms with Crippen LogP contribution in [0.2, 0.25) is 0 Å². The fraction of sp³-hybridized carbons (Fsp3) is 0.538. The molecule has 0 aliphatic carbocycles. The van der Waals surface area contributed by atoms with E-state index in [0.717, 1.165) is 38.5 Å². The van der Waals surface area contributed by atoms with Crippen LogP contribution in [0.4, 0.5) is 5.69 Å². The summed E-state index contributed by atoms with van der Waals surface area (Å²) in [5.41, 5.74) is 5.80. The van der Waals surface area contributed by atoms with Gasteiger partial charge in [0.05, 0.1) is 24.6 Å². The molecule has 1 radical (unpaired) electrons. The Kier molecular flexibility index (Phi) is 6.66. The van der Waals surface area contributed by atoms with Gasteiger partial charge in [0.15, 0.2) is 0 Å². The van der Waals surface area contributed by atoms with Crippen LogP contribution in [0.1, 0.15) is 25.7 Å². The van der Waals surface area contributed by atoms with Gasteiger partial charge in [-0.15, -0.1) is 0 Å². The molecule has 0 spiro atoms. The normalized spacial score (nSPS) is 11.3. The number of sulfonamides is 1. The van der Waals surface area contributed by atoms with Crippen LogP contribution in [0, 0.1) is 6.07 Å². The summed E-state index contributed by atoms with van der Waals surface area (Å²) >= 11 is 0. The van der Waals surface area contributed by atoms with Crippen LogP contribution in [-0.2, 0) is 10.0 Å². The summed E-state index contributed by atoms with van der Waals surface area (Å²) in [5, 5.41) is 0. The molecule has 0 heterocycles. The second kappa shape index (κ2) is 8.01. The number of unbranched alkanes of at least 4 members (excludes halogenated alkanes) is 3. The Bertz CT molecular complexity index is 475. The first kappa shape index (κ1) is 15.8. The van der Waals surface area contributed by atoms with Crippen LogP contribution in [-0.4, -0.2) is 27.8 Å². The van der Waals surface area contributed by atoms with E-state index < -0.39 is 10.0 Å². The number of rotatable bonds is 9. The van der Waals surface area contributed by atoms with E-state index in [1.807, 2.05) is 0 Å². The molecule has 0 aliphatic rings. The Morgan fingerprint density at radius 3 is 2.68 bits per heavy atom. The van der Waals surface area contributed by atoms with Gasteiger partial charge in [0, 0.05) is 0 Å². The van der Waals surface area contributed by atoms with Gasteiger partial charge in [-0.05, 0) is 31.5 Å². The Morgan fingerprint density at radius 2 is 2.00 bits per heavy atom. The summed E-state index contributed by atoms with van der Waals surface area (Å²) in [6, 6.07) is 7.99. The van der Waals surface area contributed by atoms with Crippen LogP contribution < -0.4 is 15.2 Å². The van der Waals surface area contributed by atoms with Gasteiger partial charge >= 0.3 is 0 Å². The van der Waals surface area contributed by atoms with E-state index in [2.05, 4.69) is 10.8 Å². The van der Waals surface area contributed by atoms with Gasteiger partial charge in [0.25, 0.3) is 0 Å². The predicted octanol–water partition coefficient (Wildman–Crippen LogP) is 1.76. The molecular weight excluding hydrogens is 264 g/mol. The van der Waals surface area contributed by atoms with Gasteiger partial charge in [0.1, 0.15) is 5.75 Å². The molecule has 0 aliphatic heterocycles. The van der Waals surface area contributed by atoms with Crippen molar-refractivity contribution in [2.24, 2.45) is 5.73 Å². The summed E-state index contributed by atoms with van der Waals surface area (Å²) in [4.78, 5) is 0. The van der Waals surface area contributed by atoms with Crippen molar-refractivity contribution < 1.29 is 13.2 Å². The van der Waals surface area contributed by atoms with Crippen molar-refractivity contribution in [3.8, 4) is 5.75 Å². The molecule has 0 atom stereocenters. The third kappa shape index (κ3) is 7.69. The SMILES string of the molecule is CS(=O)(=O)Nc1[c]c(OCCCCCCN)ccc1. The molecule has 0 bridgehead atoms. The lowest BCUT2D eigenvalue weighted by Gasteiger charge is -2.08. The number of nitrogens with two attached hydrogens (primary N) is 1. The lowest BCUT2D eigenvalue weighted by Crippen LogP contribution is -2.09. The maximum Gasteiger partial charge on any atom is 0.229 e. The van der Waals surface area contributed by atoms with E-state index in [9.17, 15) is 8.42 Å². The average Bonchev–Trinajstić information content (AvgIpc) is 2.32. The summed E-state index contributed by atoms with van der Waals surface area (Å²) in [7, 11) is -3.28. The van der Waals surface area contributed by atoms with Crippen molar-refractivity contribution >= 4 is 15.7 Å². The first-order chi connectivity index (χ1) is 9.01. The highest BCUT2D eigenvalue weighted by atomic mass is 32.2. The molecule has 3 N–H and O–H groups in total. The van der Waals surface area contributed by atoms with Crippen LogP contribution >= 0.6 is 0 Å². The average molecular weight is 285 g/mol. The van der Waals surface area contributed by atoms with Gasteiger partial charge in [0.2, 0.25) is 10.0 Å². The van der Waals surface area contributed by atoms with Gasteiger partial charge < -0.3 is 10.5 Å². The van der Waals surface area contributed by atoms with Crippen molar-refractivity contribution in [1.82, 2.24) is 0 Å². The highest BCUT2D eigenvalue weighted by molar-refractivity contribution is 7.92. The minimum atomic E-state index is -3.28. The zero-order valence-electron chi connectivity index (χ0n) is 11.2. The van der Waals surface area contributed by atoms with E-state index >= 15 is 0 Å². The Morgan fingerprint density at radius 1 is 1.26 bits per heavy atom. The third-order valence-corrected chi connectivity index (χ3v) is 3.01. The first-order valence-electron chi connectivity index (χ1n) is 6.34. The number of hydrogen-bond acceptors (Lipinski definition) is 4. The van der Waals surface area contributed by atoms with Crippen LogP contribution in [0.25, 0.3) is 0 Å². The number of benzene rings is 1. The van der Waals surface area contributed by atoms with Gasteiger partial charge in [-0.25, -0.2) is 8.42 Å². The highest BCUT2D eigenvalue weighted by Gasteiger charge is 2.03. The molecule has 5 nitrogen and oxygen atoms in total. The van der Waals surface area contributed by atoms with E-state index in [1.165, 1.54) is 0 Å². The molecule has 1 aromatic carbocycles. The topological polar surface area (TPSA) is 81.4 Å². The van der Waals surface area contributed by atoms with Crippen LogP contribution in [0.15, 0.2) is 18.2 Å². The van der Waals surface area contributed by atoms with Crippen molar-refractivity contribution in [2.45, 2.75) is 25.7 Å². The van der Waals surface area contributed by atoms with Crippen molar-refractivity contribution in [1.29, 1.82) is 0 Å². The van der Waals surface area contributed by atoms with Gasteiger partial charge in [-0.2, -0.15) is 0 Å². The Balaban J connectivity index is 2.36. The molecule has 1 rings (SSSR count). The Hall–Kier alpha value is -1.27. The number of ether oxygens (including phenoxy) is 1. The maximum absolute atomic E-state index is 11.1. The van der Waals surface area contributed by atoms with Crippen molar-refractivity contribution in [2.75, 3.05) is 24.1 Å². The number of nitrogens with one attached hydrogen (secondary N) is 1. The van der Waals surface area contributed by atoms with Gasteiger partial charge in [-0.3, -0.25) is 4.72 Å². The lowest BCUT2D eigenvalue weighted by molar-refractivity contribution is 0.304. The molecule has 0 amide bonds. The summed E-state index contributed by atoms with van der Waals surface area (Å²) in [5.74, 6) is 0.549. The molecule has 6 heteroatoms. The Labute approximate surface area is 115 Å². The van der Waals surface area contributed by atoms with E-state index in [4.69, 9.17) is 10.5 Å². The zero-order chi connectivity index (χ0) is 14.1. The summed E-state index contributed by atoms with van der Waals surface area (Å²) in [6.45, 7) is 1.33. The molecule has 1 aromatic rings. The fourth-order valence-electron chi connectivity index (χ4n) is 1.57. The molecule has 0 saturated carbocycles.